The van der Waals surface area contributed by atoms with Crippen molar-refractivity contribution in [2.45, 2.75) is 18.6 Å². The van der Waals surface area contributed by atoms with Gasteiger partial charge in [-0.15, -0.1) is 0 Å². The highest BCUT2D eigenvalue weighted by Gasteiger charge is 2.17. The molecule has 0 bridgehead atoms. The molecule has 1 N–H and O–H groups in total. The van der Waals surface area contributed by atoms with Gasteiger partial charge in [0.1, 0.15) is 5.75 Å². The molecule has 0 radical (unpaired) electrons. The Morgan fingerprint density at radius 2 is 1.88 bits per heavy atom. The summed E-state index contributed by atoms with van der Waals surface area (Å²) in [7, 11) is 0. The van der Waals surface area contributed by atoms with Crippen LogP contribution in [-0.2, 0) is 12.2 Å². The molecule has 25 heavy (non-hydrogen) atoms. The molecule has 0 unspecified atom stereocenters. The van der Waals surface area contributed by atoms with Gasteiger partial charge in [-0.3, -0.25) is 4.98 Å². The smallest absolute Gasteiger partial charge is 0.119 e. The molecule has 0 spiro atoms. The normalized spacial score (nSPS) is 13.4. The number of hydrogen-bond donors (Lipinski definition) is 1. The molecule has 0 amide bonds. The zero-order chi connectivity index (χ0) is 16.9. The Kier molecular flexibility index (Phi) is 5.07. The van der Waals surface area contributed by atoms with Crippen LogP contribution >= 0.6 is 11.8 Å². The molecule has 0 saturated heterocycles. The summed E-state index contributed by atoms with van der Waals surface area (Å²) < 4.78 is 5.79. The summed E-state index contributed by atoms with van der Waals surface area (Å²) in [6.07, 6.45) is 2.07. The summed E-state index contributed by atoms with van der Waals surface area (Å²) in [5.74, 6) is 3.14. The molecule has 128 valence electrons. The van der Waals surface area contributed by atoms with Gasteiger partial charge in [-0.05, 0) is 42.4 Å². The molecule has 4 rings (SSSR count). The molecular formula is C21H22N2OS. The monoisotopic (exact) mass is 350 g/mol. The Morgan fingerprint density at radius 1 is 1.04 bits per heavy atom. The first-order valence-corrected chi connectivity index (χ1v) is 9.97. The van der Waals surface area contributed by atoms with E-state index in [1.54, 1.807) is 0 Å². The minimum absolute atomic E-state index is 0.720. The molecule has 0 atom stereocenters. The van der Waals surface area contributed by atoms with Crippen molar-refractivity contribution in [2.75, 3.05) is 24.2 Å². The fourth-order valence-corrected chi connectivity index (χ4v) is 4.15. The van der Waals surface area contributed by atoms with Gasteiger partial charge in [-0.1, -0.05) is 36.4 Å². The van der Waals surface area contributed by atoms with Crippen LogP contribution in [-0.4, -0.2) is 23.9 Å². The molecule has 0 aliphatic carbocycles. The number of anilines is 1. The first-order chi connectivity index (χ1) is 12.4. The number of pyridine rings is 1. The quantitative estimate of drug-likeness (QED) is 0.641. The van der Waals surface area contributed by atoms with Crippen molar-refractivity contribution in [2.24, 2.45) is 0 Å². The van der Waals surface area contributed by atoms with Crippen LogP contribution in [0.15, 0.2) is 54.6 Å². The molecular weight excluding hydrogens is 328 g/mol. The van der Waals surface area contributed by atoms with E-state index in [1.165, 1.54) is 28.1 Å². The summed E-state index contributed by atoms with van der Waals surface area (Å²) in [5.41, 5.74) is 5.02. The van der Waals surface area contributed by atoms with E-state index >= 15 is 0 Å². The molecule has 3 nitrogen and oxygen atoms in total. The Hall–Kier alpha value is -2.20. The van der Waals surface area contributed by atoms with Gasteiger partial charge in [0.15, 0.2) is 0 Å². The maximum Gasteiger partial charge on any atom is 0.119 e. The molecule has 1 aliphatic heterocycles. The van der Waals surface area contributed by atoms with Gasteiger partial charge in [-0.2, -0.15) is 11.8 Å². The third-order valence-corrected chi connectivity index (χ3v) is 5.42. The van der Waals surface area contributed by atoms with E-state index in [0.29, 0.717) is 0 Å². The van der Waals surface area contributed by atoms with Crippen molar-refractivity contribution in [3.63, 3.8) is 0 Å². The number of ether oxygens (including phenoxy) is 1. The summed E-state index contributed by atoms with van der Waals surface area (Å²) in [5, 5.41) is 4.91. The van der Waals surface area contributed by atoms with Crippen molar-refractivity contribution < 1.29 is 4.74 Å². The Labute approximate surface area is 152 Å². The molecule has 4 heteroatoms. The fourth-order valence-electron chi connectivity index (χ4n) is 3.23. The second-order valence-electron chi connectivity index (χ2n) is 6.17. The molecule has 1 aliphatic rings. The lowest BCUT2D eigenvalue weighted by Crippen LogP contribution is -2.13. The highest BCUT2D eigenvalue weighted by molar-refractivity contribution is 7.98. The summed E-state index contributed by atoms with van der Waals surface area (Å²) in [4.78, 5) is 4.87. The minimum atomic E-state index is 0.720. The van der Waals surface area contributed by atoms with E-state index in [1.807, 2.05) is 42.1 Å². The van der Waals surface area contributed by atoms with Crippen LogP contribution < -0.4 is 10.1 Å². The summed E-state index contributed by atoms with van der Waals surface area (Å²) in [6.45, 7) is 1.62. The van der Waals surface area contributed by atoms with Crippen LogP contribution in [0.4, 0.5) is 5.69 Å². The molecule has 0 fully saturated rings. The number of rotatable bonds is 6. The Balaban J connectivity index is 1.45. The SMILES string of the molecule is c1ccc(OCCCNc2c3c(nc4ccccc24)CSCC3)cc1. The second-order valence-corrected chi connectivity index (χ2v) is 7.28. The maximum absolute atomic E-state index is 5.79. The first-order valence-electron chi connectivity index (χ1n) is 8.82. The van der Waals surface area contributed by atoms with Crippen LogP contribution in [0.25, 0.3) is 10.9 Å². The van der Waals surface area contributed by atoms with Crippen LogP contribution in [0.1, 0.15) is 17.7 Å². The average molecular weight is 350 g/mol. The fraction of sp³-hybridized carbons (Fsp3) is 0.286. The number of thioether (sulfide) groups is 1. The van der Waals surface area contributed by atoms with E-state index in [9.17, 15) is 0 Å². The number of aromatic nitrogens is 1. The molecule has 1 aromatic heterocycles. The van der Waals surface area contributed by atoms with Crippen molar-refractivity contribution in [3.05, 3.63) is 65.9 Å². The second kappa shape index (κ2) is 7.79. The van der Waals surface area contributed by atoms with E-state index in [4.69, 9.17) is 9.72 Å². The number of para-hydroxylation sites is 2. The van der Waals surface area contributed by atoms with Crippen molar-refractivity contribution in [1.82, 2.24) is 4.98 Å². The number of nitrogens with zero attached hydrogens (tertiary/aromatic N) is 1. The Bertz CT molecular complexity index is 851. The van der Waals surface area contributed by atoms with Gasteiger partial charge in [0, 0.05) is 23.4 Å². The molecule has 3 aromatic rings. The number of benzene rings is 2. The van der Waals surface area contributed by atoms with Gasteiger partial charge >= 0.3 is 0 Å². The maximum atomic E-state index is 5.79. The highest BCUT2D eigenvalue weighted by Crippen LogP contribution is 2.34. The molecule has 2 heterocycles. The lowest BCUT2D eigenvalue weighted by atomic mass is 10.0. The predicted molar refractivity (Wildman–Crippen MR) is 107 cm³/mol. The number of hydrogen-bond acceptors (Lipinski definition) is 4. The lowest BCUT2D eigenvalue weighted by Gasteiger charge is -2.21. The van der Waals surface area contributed by atoms with Gasteiger partial charge < -0.3 is 10.1 Å². The zero-order valence-electron chi connectivity index (χ0n) is 14.2. The van der Waals surface area contributed by atoms with Crippen LogP contribution in [0.2, 0.25) is 0 Å². The topological polar surface area (TPSA) is 34.1 Å². The van der Waals surface area contributed by atoms with Crippen LogP contribution in [0.3, 0.4) is 0 Å². The number of fused-ring (bicyclic) bond motifs is 2. The third kappa shape index (κ3) is 3.74. The van der Waals surface area contributed by atoms with Gasteiger partial charge in [0.2, 0.25) is 0 Å². The lowest BCUT2D eigenvalue weighted by molar-refractivity contribution is 0.315. The largest absolute Gasteiger partial charge is 0.494 e. The van der Waals surface area contributed by atoms with Crippen molar-refractivity contribution in [1.29, 1.82) is 0 Å². The van der Waals surface area contributed by atoms with Crippen LogP contribution in [0.5, 0.6) is 5.75 Å². The van der Waals surface area contributed by atoms with Gasteiger partial charge in [0.25, 0.3) is 0 Å². The van der Waals surface area contributed by atoms with Crippen LogP contribution in [0, 0.1) is 0 Å². The minimum Gasteiger partial charge on any atom is -0.494 e. The standard InChI is InChI=1S/C21H22N2OS/c1-2-7-16(8-3-1)24-13-6-12-22-21-17-9-4-5-10-19(17)23-20-15-25-14-11-18(20)21/h1-5,7-10H,6,11-15H2,(H,22,23). The Morgan fingerprint density at radius 3 is 2.80 bits per heavy atom. The van der Waals surface area contributed by atoms with Gasteiger partial charge in [0.05, 0.1) is 17.8 Å². The summed E-state index contributed by atoms with van der Waals surface area (Å²) in [6, 6.07) is 18.4. The first kappa shape index (κ1) is 16.3. The zero-order valence-corrected chi connectivity index (χ0v) is 15.0. The van der Waals surface area contributed by atoms with Crippen molar-refractivity contribution >= 4 is 28.4 Å². The predicted octanol–water partition coefficient (Wildman–Crippen LogP) is 4.91. The molecule has 2 aromatic carbocycles. The number of nitrogens with one attached hydrogen (secondary N) is 1. The third-order valence-electron chi connectivity index (χ3n) is 4.45. The van der Waals surface area contributed by atoms with Crippen molar-refractivity contribution in [3.8, 4) is 5.75 Å². The van der Waals surface area contributed by atoms with E-state index in [2.05, 4.69) is 29.6 Å². The van der Waals surface area contributed by atoms with E-state index in [-0.39, 0.29) is 0 Å². The van der Waals surface area contributed by atoms with E-state index < -0.39 is 0 Å². The summed E-state index contributed by atoms with van der Waals surface area (Å²) >= 11 is 1.97. The highest BCUT2D eigenvalue weighted by atomic mass is 32.2. The molecule has 0 saturated carbocycles. The van der Waals surface area contributed by atoms with Gasteiger partial charge in [-0.25, -0.2) is 0 Å². The average Bonchev–Trinajstić information content (AvgIpc) is 2.68. The van der Waals surface area contributed by atoms with E-state index in [0.717, 1.165) is 43.0 Å².